The minimum Gasteiger partial charge on any atom is -0.456 e. The maximum atomic E-state index is 6.38. The van der Waals surface area contributed by atoms with E-state index < -0.39 is 0 Å². The third-order valence-corrected chi connectivity index (χ3v) is 9.06. The van der Waals surface area contributed by atoms with E-state index >= 15 is 0 Å². The average molecular weight is 573 g/mol. The fourth-order valence-corrected chi connectivity index (χ4v) is 6.98. The van der Waals surface area contributed by atoms with Gasteiger partial charge in [-0.05, 0) is 96.4 Å². The minimum absolute atomic E-state index is 0.907. The summed E-state index contributed by atoms with van der Waals surface area (Å²) in [5.74, 6) is 0. The van der Waals surface area contributed by atoms with Gasteiger partial charge in [-0.1, -0.05) is 140 Å². The number of fused-ring (bicyclic) bond motifs is 5. The third-order valence-electron chi connectivity index (χ3n) is 9.06. The van der Waals surface area contributed by atoms with Crippen molar-refractivity contribution in [3.63, 3.8) is 0 Å². The molecule has 0 radical (unpaired) electrons. The van der Waals surface area contributed by atoms with Gasteiger partial charge in [0, 0.05) is 10.8 Å². The van der Waals surface area contributed by atoms with Crippen LogP contribution in [-0.4, -0.2) is 0 Å². The van der Waals surface area contributed by atoms with Gasteiger partial charge in [0.25, 0.3) is 0 Å². The van der Waals surface area contributed by atoms with Crippen LogP contribution < -0.4 is 0 Å². The molecule has 1 nitrogen and oxygen atoms in total. The number of para-hydroxylation sites is 1. The quantitative estimate of drug-likeness (QED) is 0.191. The van der Waals surface area contributed by atoms with E-state index in [1.807, 2.05) is 12.1 Å². The molecule has 8 aromatic carbocycles. The van der Waals surface area contributed by atoms with Crippen molar-refractivity contribution in [2.24, 2.45) is 0 Å². The van der Waals surface area contributed by atoms with E-state index in [0.717, 1.165) is 27.5 Å². The number of rotatable bonds is 4. The zero-order valence-corrected chi connectivity index (χ0v) is 24.6. The molecular formula is C44H28O. The molecule has 0 unspecified atom stereocenters. The van der Waals surface area contributed by atoms with Crippen molar-refractivity contribution in [1.82, 2.24) is 0 Å². The second kappa shape index (κ2) is 10.4. The Morgan fingerprint density at radius 2 is 0.711 bits per heavy atom. The highest BCUT2D eigenvalue weighted by molar-refractivity contribution is 6.22. The van der Waals surface area contributed by atoms with Gasteiger partial charge >= 0.3 is 0 Å². The first-order valence-corrected chi connectivity index (χ1v) is 15.4. The van der Waals surface area contributed by atoms with Crippen LogP contribution in [0.4, 0.5) is 0 Å². The lowest BCUT2D eigenvalue weighted by Gasteiger charge is -2.19. The molecule has 1 heterocycles. The first-order chi connectivity index (χ1) is 22.3. The van der Waals surface area contributed by atoms with Crippen LogP contribution in [0.2, 0.25) is 0 Å². The summed E-state index contributed by atoms with van der Waals surface area (Å²) in [4.78, 5) is 0. The van der Waals surface area contributed by atoms with Gasteiger partial charge in [-0.25, -0.2) is 0 Å². The second-order valence-corrected chi connectivity index (χ2v) is 11.7. The van der Waals surface area contributed by atoms with Crippen molar-refractivity contribution < 1.29 is 4.42 Å². The van der Waals surface area contributed by atoms with Gasteiger partial charge in [0.1, 0.15) is 11.2 Å². The first kappa shape index (κ1) is 25.6. The lowest BCUT2D eigenvalue weighted by molar-refractivity contribution is 0.669. The number of hydrogen-bond acceptors (Lipinski definition) is 1. The van der Waals surface area contributed by atoms with E-state index in [4.69, 9.17) is 4.42 Å². The standard InChI is InChI=1S/C44H28O/c1-3-12-29(13-4-1)31-16-11-17-33(26-31)43-37-19-7-8-20-38(37)44(40-27-32(22-25-39(40)43)30-14-5-2-6-15-30)34-23-24-36-35-18-9-10-21-41(35)45-42(36)28-34/h1-28H. The van der Waals surface area contributed by atoms with E-state index in [2.05, 4.69) is 158 Å². The molecule has 0 atom stereocenters. The molecule has 0 bridgehead atoms. The normalized spacial score (nSPS) is 11.6. The summed E-state index contributed by atoms with van der Waals surface area (Å²) in [6, 6.07) is 61.1. The van der Waals surface area contributed by atoms with Gasteiger partial charge in [0.15, 0.2) is 0 Å². The van der Waals surface area contributed by atoms with Gasteiger partial charge in [-0.3, -0.25) is 0 Å². The highest BCUT2D eigenvalue weighted by atomic mass is 16.3. The third kappa shape index (κ3) is 4.24. The summed E-state index contributed by atoms with van der Waals surface area (Å²) in [6.45, 7) is 0. The van der Waals surface area contributed by atoms with Crippen molar-refractivity contribution in [1.29, 1.82) is 0 Å². The van der Waals surface area contributed by atoms with E-state index in [1.54, 1.807) is 0 Å². The van der Waals surface area contributed by atoms with E-state index in [0.29, 0.717) is 0 Å². The largest absolute Gasteiger partial charge is 0.456 e. The Labute approximate surface area is 261 Å². The fraction of sp³-hybridized carbons (Fsp3) is 0. The second-order valence-electron chi connectivity index (χ2n) is 11.7. The summed E-state index contributed by atoms with van der Waals surface area (Å²) in [6.07, 6.45) is 0. The highest BCUT2D eigenvalue weighted by Gasteiger charge is 2.19. The van der Waals surface area contributed by atoms with Gasteiger partial charge in [0.05, 0.1) is 0 Å². The van der Waals surface area contributed by atoms with Crippen LogP contribution in [0.1, 0.15) is 0 Å². The van der Waals surface area contributed by atoms with Crippen LogP contribution in [0.25, 0.3) is 88.0 Å². The molecule has 0 spiro atoms. The molecule has 0 saturated carbocycles. The molecule has 0 fully saturated rings. The number of benzene rings is 8. The van der Waals surface area contributed by atoms with Gasteiger partial charge < -0.3 is 4.42 Å². The number of hydrogen-bond donors (Lipinski definition) is 0. The lowest BCUT2D eigenvalue weighted by Crippen LogP contribution is -1.92. The monoisotopic (exact) mass is 572 g/mol. The SMILES string of the molecule is c1ccc(-c2cccc(-c3c4ccccc4c(-c4ccc5c(c4)oc4ccccc45)c4cc(-c5ccccc5)ccc34)c2)cc1. The molecule has 0 saturated heterocycles. The Balaban J connectivity index is 1.37. The molecular weight excluding hydrogens is 544 g/mol. The summed E-state index contributed by atoms with van der Waals surface area (Å²) in [5.41, 5.74) is 11.5. The predicted octanol–water partition coefficient (Wildman–Crippen LogP) is 12.6. The minimum atomic E-state index is 0.907. The van der Waals surface area contributed by atoms with E-state index in [9.17, 15) is 0 Å². The summed E-state index contributed by atoms with van der Waals surface area (Å²) < 4.78 is 6.38. The van der Waals surface area contributed by atoms with Crippen LogP contribution in [-0.2, 0) is 0 Å². The highest BCUT2D eigenvalue weighted by Crippen LogP contribution is 2.46. The first-order valence-electron chi connectivity index (χ1n) is 15.4. The Morgan fingerprint density at radius 3 is 1.44 bits per heavy atom. The van der Waals surface area contributed by atoms with E-state index in [1.165, 1.54) is 60.5 Å². The average Bonchev–Trinajstić information content (AvgIpc) is 3.49. The van der Waals surface area contributed by atoms with Crippen molar-refractivity contribution in [3.05, 3.63) is 170 Å². The molecule has 1 aromatic heterocycles. The maximum absolute atomic E-state index is 6.38. The lowest BCUT2D eigenvalue weighted by atomic mass is 9.84. The zero-order valence-electron chi connectivity index (χ0n) is 24.6. The summed E-state index contributed by atoms with van der Waals surface area (Å²) in [5, 5.41) is 7.22. The molecule has 0 N–H and O–H groups in total. The van der Waals surface area contributed by atoms with Crippen LogP contribution in [0, 0.1) is 0 Å². The molecule has 9 aromatic rings. The molecule has 0 aliphatic carbocycles. The van der Waals surface area contributed by atoms with Crippen molar-refractivity contribution in [2.75, 3.05) is 0 Å². The summed E-state index contributed by atoms with van der Waals surface area (Å²) >= 11 is 0. The van der Waals surface area contributed by atoms with Crippen molar-refractivity contribution >= 4 is 43.5 Å². The maximum Gasteiger partial charge on any atom is 0.136 e. The summed E-state index contributed by atoms with van der Waals surface area (Å²) in [7, 11) is 0. The van der Waals surface area contributed by atoms with Crippen LogP contribution in [0.15, 0.2) is 174 Å². The van der Waals surface area contributed by atoms with E-state index in [-0.39, 0.29) is 0 Å². The molecule has 0 amide bonds. The Morgan fingerprint density at radius 1 is 0.244 bits per heavy atom. The van der Waals surface area contributed by atoms with Crippen LogP contribution in [0.5, 0.6) is 0 Å². The molecule has 0 aliphatic rings. The molecule has 45 heavy (non-hydrogen) atoms. The Bertz CT molecular complexity index is 2520. The van der Waals surface area contributed by atoms with Gasteiger partial charge in [0.2, 0.25) is 0 Å². The molecule has 1 heteroatoms. The van der Waals surface area contributed by atoms with Crippen LogP contribution >= 0.6 is 0 Å². The van der Waals surface area contributed by atoms with Crippen molar-refractivity contribution in [3.8, 4) is 44.5 Å². The molecule has 210 valence electrons. The Kier molecular flexibility index (Phi) is 5.89. The number of furan rings is 1. The molecule has 9 rings (SSSR count). The predicted molar refractivity (Wildman–Crippen MR) is 190 cm³/mol. The van der Waals surface area contributed by atoms with Crippen LogP contribution in [0.3, 0.4) is 0 Å². The Hall–Kier alpha value is -5.92. The van der Waals surface area contributed by atoms with Crippen molar-refractivity contribution in [2.45, 2.75) is 0 Å². The van der Waals surface area contributed by atoms with Gasteiger partial charge in [-0.2, -0.15) is 0 Å². The zero-order chi connectivity index (χ0) is 29.7. The van der Waals surface area contributed by atoms with Gasteiger partial charge in [-0.15, -0.1) is 0 Å². The molecule has 0 aliphatic heterocycles. The fourth-order valence-electron chi connectivity index (χ4n) is 6.98. The smallest absolute Gasteiger partial charge is 0.136 e. The topological polar surface area (TPSA) is 13.1 Å².